The largest absolute Gasteiger partial charge is 0.0917 e. The van der Waals surface area contributed by atoms with Crippen LogP contribution in [-0.2, 0) is 0 Å². The van der Waals surface area contributed by atoms with Crippen LogP contribution in [0.1, 0.15) is 65.7 Å². The molecule has 0 aromatic heterocycles. The van der Waals surface area contributed by atoms with Crippen molar-refractivity contribution in [3.8, 4) is 0 Å². The monoisotopic (exact) mass is 206 g/mol. The smallest absolute Gasteiger partial charge is 0.00907 e. The maximum absolute atomic E-state index is 2.44. The number of hydrogen-bond acceptors (Lipinski definition) is 0. The quantitative estimate of drug-likeness (QED) is 0.411. The maximum Gasteiger partial charge on any atom is -0.00907 e. The summed E-state index contributed by atoms with van der Waals surface area (Å²) in [6.45, 7) is 6.70. The van der Waals surface area contributed by atoms with E-state index in [1.54, 1.807) is 5.57 Å². The van der Waals surface area contributed by atoms with E-state index < -0.39 is 0 Å². The summed E-state index contributed by atoms with van der Waals surface area (Å²) in [5.41, 5.74) is 2.27. The lowest BCUT2D eigenvalue weighted by molar-refractivity contribution is 0.166. The van der Waals surface area contributed by atoms with Crippen molar-refractivity contribution in [1.82, 2.24) is 0 Å². The molecule has 0 N–H and O–H groups in total. The fourth-order valence-electron chi connectivity index (χ4n) is 2.69. The lowest BCUT2D eigenvalue weighted by Crippen LogP contribution is -2.30. The average Bonchev–Trinajstić information content (AvgIpc) is 2.16. The van der Waals surface area contributed by atoms with Crippen molar-refractivity contribution in [2.75, 3.05) is 0 Å². The van der Waals surface area contributed by atoms with Gasteiger partial charge in [-0.15, -0.1) is 0 Å². The summed E-state index contributed by atoms with van der Waals surface area (Å²) < 4.78 is 0. The molecule has 0 saturated heterocycles. The molecule has 0 aromatic carbocycles. The zero-order chi connectivity index (χ0) is 11.1. The summed E-state index contributed by atoms with van der Waals surface area (Å²) in [5.74, 6) is 0. The first-order chi connectivity index (χ1) is 7.25. The third kappa shape index (κ3) is 3.22. The molecule has 1 aliphatic rings. The van der Waals surface area contributed by atoms with Crippen LogP contribution in [-0.4, -0.2) is 0 Å². The van der Waals surface area contributed by atoms with Crippen LogP contribution in [0.5, 0.6) is 0 Å². The fraction of sp³-hybridized carbons (Fsp3) is 0.733. The summed E-state index contributed by atoms with van der Waals surface area (Å²) >= 11 is 0. The van der Waals surface area contributed by atoms with Gasteiger partial charge in [-0.1, -0.05) is 37.1 Å². The van der Waals surface area contributed by atoms with Gasteiger partial charge in [0.1, 0.15) is 0 Å². The molecule has 0 bridgehead atoms. The second-order valence-corrected chi connectivity index (χ2v) is 4.89. The van der Waals surface area contributed by atoms with Gasteiger partial charge in [0.15, 0.2) is 0 Å². The van der Waals surface area contributed by atoms with Gasteiger partial charge >= 0.3 is 0 Å². The first-order valence-corrected chi connectivity index (χ1v) is 6.53. The Hall–Kier alpha value is -0.520. The Kier molecular flexibility index (Phi) is 5.14. The van der Waals surface area contributed by atoms with Gasteiger partial charge in [0.05, 0.1) is 0 Å². The van der Waals surface area contributed by atoms with Gasteiger partial charge in [-0.05, 0) is 57.8 Å². The maximum atomic E-state index is 2.44. The Morgan fingerprint density at radius 3 is 2.53 bits per heavy atom. The molecule has 0 unspecified atom stereocenters. The van der Waals surface area contributed by atoms with Crippen molar-refractivity contribution in [2.24, 2.45) is 5.41 Å². The van der Waals surface area contributed by atoms with E-state index in [4.69, 9.17) is 0 Å². The first-order valence-electron chi connectivity index (χ1n) is 6.53. The molecule has 0 radical (unpaired) electrons. The molecule has 0 aliphatic heterocycles. The van der Waals surface area contributed by atoms with Crippen molar-refractivity contribution < 1.29 is 0 Å². The van der Waals surface area contributed by atoms with Gasteiger partial charge in [-0.25, -0.2) is 0 Å². The van der Waals surface area contributed by atoms with Crippen molar-refractivity contribution in [2.45, 2.75) is 65.7 Å². The van der Waals surface area contributed by atoms with E-state index in [9.17, 15) is 0 Å². The number of rotatable bonds is 6. The third-order valence-electron chi connectivity index (χ3n) is 3.92. The zero-order valence-electron chi connectivity index (χ0n) is 10.7. The third-order valence-corrected chi connectivity index (χ3v) is 3.92. The van der Waals surface area contributed by atoms with E-state index in [2.05, 4.69) is 39.0 Å². The molecule has 0 heterocycles. The predicted molar refractivity (Wildman–Crippen MR) is 69.0 cm³/mol. The van der Waals surface area contributed by atoms with E-state index >= 15 is 0 Å². The van der Waals surface area contributed by atoms with Crippen molar-refractivity contribution >= 4 is 0 Å². The summed E-state index contributed by atoms with van der Waals surface area (Å²) in [6, 6.07) is 0. The highest BCUT2D eigenvalue weighted by molar-refractivity contribution is 5.15. The average molecular weight is 206 g/mol. The van der Waals surface area contributed by atoms with Gasteiger partial charge < -0.3 is 0 Å². The molecule has 1 saturated carbocycles. The van der Waals surface area contributed by atoms with Crippen LogP contribution in [0.4, 0.5) is 0 Å². The lowest BCUT2D eigenvalue weighted by Gasteiger charge is -2.43. The molecule has 0 spiro atoms. The minimum Gasteiger partial charge on any atom is -0.0917 e. The van der Waals surface area contributed by atoms with Crippen molar-refractivity contribution in [1.29, 1.82) is 0 Å². The summed E-state index contributed by atoms with van der Waals surface area (Å²) in [7, 11) is 0. The highest BCUT2D eigenvalue weighted by Crippen LogP contribution is 2.50. The second kappa shape index (κ2) is 6.15. The number of unbranched alkanes of at least 4 members (excludes halogenated alkanes) is 1. The molecule has 1 fully saturated rings. The molecule has 86 valence electrons. The van der Waals surface area contributed by atoms with Crippen molar-refractivity contribution in [3.05, 3.63) is 23.8 Å². The molecular weight excluding hydrogens is 180 g/mol. The van der Waals surface area contributed by atoms with E-state index in [1.807, 2.05) is 0 Å². The van der Waals surface area contributed by atoms with Crippen LogP contribution in [0.25, 0.3) is 0 Å². The standard InChI is InChI=1S/C15H26/c1-4-6-7-8-11-15(12-9-13-15)14(3)10-5-2/h4,6,10H,5,7-9,11-13H2,1-3H3. The molecule has 0 atom stereocenters. The van der Waals surface area contributed by atoms with Crippen LogP contribution in [0.3, 0.4) is 0 Å². The SMILES string of the molecule is CC=CCCCC1(C(C)=CCC)CCC1. The minimum absolute atomic E-state index is 0.609. The van der Waals surface area contributed by atoms with Crippen LogP contribution in [0.2, 0.25) is 0 Å². The van der Waals surface area contributed by atoms with E-state index in [0.29, 0.717) is 5.41 Å². The van der Waals surface area contributed by atoms with Crippen LogP contribution in [0, 0.1) is 5.41 Å². The molecule has 0 aromatic rings. The van der Waals surface area contributed by atoms with Gasteiger partial charge in [0.2, 0.25) is 0 Å². The Balaban J connectivity index is 2.43. The molecular formula is C15H26. The Bertz CT molecular complexity index is 228. The number of hydrogen-bond donors (Lipinski definition) is 0. The fourth-order valence-corrected chi connectivity index (χ4v) is 2.69. The molecule has 0 nitrogen and oxygen atoms in total. The Morgan fingerprint density at radius 1 is 1.33 bits per heavy atom. The first kappa shape index (κ1) is 12.5. The van der Waals surface area contributed by atoms with Crippen LogP contribution in [0.15, 0.2) is 23.8 Å². The summed E-state index contributed by atoms with van der Waals surface area (Å²) in [6.07, 6.45) is 16.4. The summed E-state index contributed by atoms with van der Waals surface area (Å²) in [5, 5.41) is 0. The molecule has 0 heteroatoms. The molecule has 1 aliphatic carbocycles. The van der Waals surface area contributed by atoms with Gasteiger partial charge in [0.25, 0.3) is 0 Å². The normalized spacial score (nSPS) is 20.6. The zero-order valence-corrected chi connectivity index (χ0v) is 10.7. The highest BCUT2D eigenvalue weighted by Gasteiger charge is 2.37. The van der Waals surface area contributed by atoms with E-state index in [1.165, 1.54) is 44.9 Å². The Morgan fingerprint density at radius 2 is 2.07 bits per heavy atom. The van der Waals surface area contributed by atoms with Gasteiger partial charge in [0, 0.05) is 0 Å². The lowest BCUT2D eigenvalue weighted by atomic mass is 9.61. The van der Waals surface area contributed by atoms with Crippen LogP contribution >= 0.6 is 0 Å². The molecule has 15 heavy (non-hydrogen) atoms. The van der Waals surface area contributed by atoms with Crippen LogP contribution < -0.4 is 0 Å². The van der Waals surface area contributed by atoms with Gasteiger partial charge in [-0.3, -0.25) is 0 Å². The topological polar surface area (TPSA) is 0 Å². The highest BCUT2D eigenvalue weighted by atomic mass is 14.4. The minimum atomic E-state index is 0.609. The number of allylic oxidation sites excluding steroid dienone is 4. The Labute approximate surface area is 95.5 Å². The molecule has 0 amide bonds. The molecule has 1 rings (SSSR count). The predicted octanol–water partition coefficient (Wildman–Crippen LogP) is 5.26. The van der Waals surface area contributed by atoms with E-state index in [0.717, 1.165) is 0 Å². The van der Waals surface area contributed by atoms with Gasteiger partial charge in [-0.2, -0.15) is 0 Å². The summed E-state index contributed by atoms with van der Waals surface area (Å²) in [4.78, 5) is 0. The van der Waals surface area contributed by atoms with Crippen molar-refractivity contribution in [3.63, 3.8) is 0 Å². The second-order valence-electron chi connectivity index (χ2n) is 4.89. The van der Waals surface area contributed by atoms with E-state index in [-0.39, 0.29) is 0 Å².